The molecule has 1 heterocycles. The first-order chi connectivity index (χ1) is 10.6. The Morgan fingerprint density at radius 2 is 1.45 bits per heavy atom. The predicted molar refractivity (Wildman–Crippen MR) is 95.4 cm³/mol. The molecule has 0 atom stereocenters. The average molecular weight is 289 g/mol. The molecule has 0 saturated heterocycles. The lowest BCUT2D eigenvalue weighted by atomic mass is 9.94. The molecule has 0 bridgehead atoms. The van der Waals surface area contributed by atoms with Crippen LogP contribution in [0.3, 0.4) is 0 Å². The van der Waals surface area contributed by atoms with E-state index in [9.17, 15) is 0 Å². The molecule has 3 rings (SSSR count). The van der Waals surface area contributed by atoms with Gasteiger partial charge in [0.1, 0.15) is 0 Å². The van der Waals surface area contributed by atoms with E-state index in [0.717, 1.165) is 18.5 Å². The SMILES string of the molecule is CCc1cc2ccnc(-c3cc(C)cc(C)c3)c2cc1CC. The van der Waals surface area contributed by atoms with Crippen LogP contribution >= 0.6 is 0 Å². The van der Waals surface area contributed by atoms with Gasteiger partial charge in [-0.25, -0.2) is 0 Å². The first-order valence-corrected chi connectivity index (χ1v) is 8.11. The van der Waals surface area contributed by atoms with E-state index in [1.165, 1.54) is 38.6 Å². The Labute approximate surface area is 133 Å². The van der Waals surface area contributed by atoms with Crippen molar-refractivity contribution in [2.24, 2.45) is 0 Å². The first-order valence-electron chi connectivity index (χ1n) is 8.11. The van der Waals surface area contributed by atoms with Crippen LogP contribution in [0.25, 0.3) is 22.0 Å². The molecule has 0 radical (unpaired) electrons. The van der Waals surface area contributed by atoms with E-state index in [1.54, 1.807) is 0 Å². The van der Waals surface area contributed by atoms with Crippen molar-refractivity contribution in [3.8, 4) is 11.3 Å². The molecule has 0 spiro atoms. The number of fused-ring (bicyclic) bond motifs is 1. The zero-order valence-electron chi connectivity index (χ0n) is 13.9. The molecular formula is C21H23N. The highest BCUT2D eigenvalue weighted by Crippen LogP contribution is 2.30. The minimum absolute atomic E-state index is 1.07. The Bertz CT molecular complexity index is 810. The van der Waals surface area contributed by atoms with E-state index in [2.05, 4.69) is 64.1 Å². The first kappa shape index (κ1) is 14.8. The molecule has 112 valence electrons. The quantitative estimate of drug-likeness (QED) is 0.607. The third-order valence-corrected chi connectivity index (χ3v) is 4.34. The van der Waals surface area contributed by atoms with E-state index in [4.69, 9.17) is 4.98 Å². The molecule has 0 aliphatic rings. The zero-order valence-corrected chi connectivity index (χ0v) is 13.9. The van der Waals surface area contributed by atoms with Gasteiger partial charge in [0.25, 0.3) is 0 Å². The monoisotopic (exact) mass is 289 g/mol. The van der Waals surface area contributed by atoms with Crippen LogP contribution in [0.4, 0.5) is 0 Å². The van der Waals surface area contributed by atoms with Crippen LogP contribution in [0.2, 0.25) is 0 Å². The van der Waals surface area contributed by atoms with Crippen molar-refractivity contribution in [1.29, 1.82) is 0 Å². The molecule has 0 fully saturated rings. The molecule has 3 aromatic rings. The number of nitrogens with zero attached hydrogens (tertiary/aromatic N) is 1. The summed E-state index contributed by atoms with van der Waals surface area (Å²) in [6.07, 6.45) is 4.08. The zero-order chi connectivity index (χ0) is 15.7. The summed E-state index contributed by atoms with van der Waals surface area (Å²) in [7, 11) is 0. The summed E-state index contributed by atoms with van der Waals surface area (Å²) in [6.45, 7) is 8.75. The van der Waals surface area contributed by atoms with Gasteiger partial charge in [0.15, 0.2) is 0 Å². The topological polar surface area (TPSA) is 12.9 Å². The van der Waals surface area contributed by atoms with Crippen molar-refractivity contribution >= 4 is 10.8 Å². The minimum Gasteiger partial charge on any atom is -0.256 e. The van der Waals surface area contributed by atoms with E-state index in [0.29, 0.717) is 0 Å². The van der Waals surface area contributed by atoms with Gasteiger partial charge in [0, 0.05) is 17.1 Å². The number of hydrogen-bond acceptors (Lipinski definition) is 1. The van der Waals surface area contributed by atoms with E-state index in [1.807, 2.05) is 6.20 Å². The van der Waals surface area contributed by atoms with Gasteiger partial charge in [-0.3, -0.25) is 4.98 Å². The highest BCUT2D eigenvalue weighted by Gasteiger charge is 2.09. The van der Waals surface area contributed by atoms with Crippen LogP contribution < -0.4 is 0 Å². The van der Waals surface area contributed by atoms with Crippen LogP contribution in [0.5, 0.6) is 0 Å². The minimum atomic E-state index is 1.07. The van der Waals surface area contributed by atoms with Gasteiger partial charge in [-0.05, 0) is 67.5 Å². The fourth-order valence-electron chi connectivity index (χ4n) is 3.31. The van der Waals surface area contributed by atoms with Crippen molar-refractivity contribution in [2.45, 2.75) is 40.5 Å². The molecule has 0 unspecified atom stereocenters. The molecule has 0 amide bonds. The van der Waals surface area contributed by atoms with Gasteiger partial charge >= 0.3 is 0 Å². The molecular weight excluding hydrogens is 266 g/mol. The van der Waals surface area contributed by atoms with Crippen molar-refractivity contribution in [3.63, 3.8) is 0 Å². The van der Waals surface area contributed by atoms with Gasteiger partial charge in [-0.15, -0.1) is 0 Å². The van der Waals surface area contributed by atoms with Gasteiger partial charge in [-0.2, -0.15) is 0 Å². The molecule has 1 nitrogen and oxygen atoms in total. The average Bonchev–Trinajstić information content (AvgIpc) is 2.51. The summed E-state index contributed by atoms with van der Waals surface area (Å²) >= 11 is 0. The van der Waals surface area contributed by atoms with Gasteiger partial charge in [-0.1, -0.05) is 37.1 Å². The number of benzene rings is 2. The third-order valence-electron chi connectivity index (χ3n) is 4.34. The Balaban J connectivity index is 2.30. The van der Waals surface area contributed by atoms with E-state index < -0.39 is 0 Å². The van der Waals surface area contributed by atoms with E-state index in [-0.39, 0.29) is 0 Å². The van der Waals surface area contributed by atoms with Crippen molar-refractivity contribution in [2.75, 3.05) is 0 Å². The number of pyridine rings is 1. The third kappa shape index (κ3) is 2.64. The maximum absolute atomic E-state index is 4.69. The van der Waals surface area contributed by atoms with Crippen LogP contribution in [0.15, 0.2) is 42.6 Å². The number of aromatic nitrogens is 1. The Morgan fingerprint density at radius 3 is 2.09 bits per heavy atom. The second kappa shape index (κ2) is 5.92. The van der Waals surface area contributed by atoms with Gasteiger partial charge in [0.2, 0.25) is 0 Å². The molecule has 0 saturated carbocycles. The highest BCUT2D eigenvalue weighted by atomic mass is 14.7. The largest absolute Gasteiger partial charge is 0.256 e. The highest BCUT2D eigenvalue weighted by molar-refractivity contribution is 5.95. The van der Waals surface area contributed by atoms with Crippen molar-refractivity contribution in [3.05, 3.63) is 64.8 Å². The standard InChI is InChI=1S/C21H23N/c1-5-16-12-18-7-8-22-21(20(18)13-17(16)6-2)19-10-14(3)9-15(4)11-19/h7-13H,5-6H2,1-4H3. The molecule has 0 aliphatic carbocycles. The molecule has 22 heavy (non-hydrogen) atoms. The normalized spacial score (nSPS) is 11.1. The number of aryl methyl sites for hydroxylation is 4. The van der Waals surface area contributed by atoms with Gasteiger partial charge < -0.3 is 0 Å². The van der Waals surface area contributed by atoms with Crippen LogP contribution in [-0.2, 0) is 12.8 Å². The van der Waals surface area contributed by atoms with Crippen LogP contribution in [-0.4, -0.2) is 4.98 Å². The van der Waals surface area contributed by atoms with Crippen molar-refractivity contribution < 1.29 is 0 Å². The van der Waals surface area contributed by atoms with Crippen molar-refractivity contribution in [1.82, 2.24) is 4.98 Å². The molecule has 0 N–H and O–H groups in total. The van der Waals surface area contributed by atoms with Crippen LogP contribution in [0.1, 0.15) is 36.1 Å². The summed E-state index contributed by atoms with van der Waals surface area (Å²) in [5.74, 6) is 0. The molecule has 1 aromatic heterocycles. The Hall–Kier alpha value is -2.15. The second-order valence-electron chi connectivity index (χ2n) is 6.09. The fourth-order valence-corrected chi connectivity index (χ4v) is 3.31. The lowest BCUT2D eigenvalue weighted by molar-refractivity contribution is 1.04. The Morgan fingerprint density at radius 1 is 0.818 bits per heavy atom. The number of rotatable bonds is 3. The van der Waals surface area contributed by atoms with E-state index >= 15 is 0 Å². The molecule has 1 heteroatoms. The molecule has 2 aromatic carbocycles. The molecule has 0 aliphatic heterocycles. The number of hydrogen-bond donors (Lipinski definition) is 0. The maximum Gasteiger partial charge on any atom is 0.0780 e. The summed E-state index contributed by atoms with van der Waals surface area (Å²) in [6, 6.07) is 13.5. The summed E-state index contributed by atoms with van der Waals surface area (Å²) in [5.41, 5.74) is 7.78. The van der Waals surface area contributed by atoms with Crippen LogP contribution in [0, 0.1) is 13.8 Å². The smallest absolute Gasteiger partial charge is 0.0780 e. The summed E-state index contributed by atoms with van der Waals surface area (Å²) in [5, 5.41) is 2.56. The second-order valence-corrected chi connectivity index (χ2v) is 6.09. The van der Waals surface area contributed by atoms with Gasteiger partial charge in [0.05, 0.1) is 5.69 Å². The lowest BCUT2D eigenvalue weighted by Gasteiger charge is -2.12. The summed E-state index contributed by atoms with van der Waals surface area (Å²) in [4.78, 5) is 4.69. The fraction of sp³-hybridized carbons (Fsp3) is 0.286. The maximum atomic E-state index is 4.69. The Kier molecular flexibility index (Phi) is 3.98. The predicted octanol–water partition coefficient (Wildman–Crippen LogP) is 5.64. The lowest BCUT2D eigenvalue weighted by Crippen LogP contribution is -1.94. The summed E-state index contributed by atoms with van der Waals surface area (Å²) < 4.78 is 0.